The summed E-state index contributed by atoms with van der Waals surface area (Å²) in [5.74, 6) is -0.914. The molecular weight excluding hydrogens is 1020 g/mol. The Morgan fingerprint density at radius 2 is 0.470 bits per heavy atom. The van der Waals surface area contributed by atoms with E-state index in [0.717, 1.165) is 148 Å². The van der Waals surface area contributed by atoms with Crippen LogP contribution in [0, 0.1) is 0 Å². The molecule has 6 heteroatoms. The number of allylic oxidation sites excluding steroid dienone is 24. The Morgan fingerprint density at radius 3 is 0.735 bits per heavy atom. The van der Waals surface area contributed by atoms with Crippen LogP contribution in [0.3, 0.4) is 0 Å². The summed E-state index contributed by atoms with van der Waals surface area (Å²) < 4.78 is 17.0. The first-order chi connectivity index (χ1) is 41.0. The summed E-state index contributed by atoms with van der Waals surface area (Å²) in [4.78, 5) is 38.5. The van der Waals surface area contributed by atoms with Gasteiger partial charge in [-0.25, -0.2) is 0 Å². The van der Waals surface area contributed by atoms with Crippen LogP contribution in [0.2, 0.25) is 0 Å². The second-order valence-electron chi connectivity index (χ2n) is 22.3. The van der Waals surface area contributed by atoms with E-state index in [1.165, 1.54) is 116 Å². The average molecular weight is 1150 g/mol. The van der Waals surface area contributed by atoms with Crippen LogP contribution < -0.4 is 0 Å². The molecule has 0 aliphatic heterocycles. The molecule has 0 radical (unpaired) electrons. The van der Waals surface area contributed by atoms with E-state index in [0.29, 0.717) is 19.3 Å². The molecule has 1 unspecified atom stereocenters. The normalized spacial score (nSPS) is 13.0. The van der Waals surface area contributed by atoms with E-state index >= 15 is 0 Å². The Morgan fingerprint density at radius 1 is 0.253 bits per heavy atom. The molecular formula is C77H126O6. The molecule has 0 amide bonds. The first-order valence-corrected chi connectivity index (χ1v) is 34.3. The number of esters is 3. The SMILES string of the molecule is CC/C=C\C/C=C\C/C=C\C/C=C\C/C=C\C/C=C\CCCCCCCCC(=O)OCC(COC(=O)CCCCCCCCCCC/C=C\C/C=C\CCCCC)OC(=O)CCCCCCCCCC/C=C\C/C=C\C/C=C\C/C=C\CC. The Labute approximate surface area is 512 Å². The number of carbonyl (C=O) groups excluding carboxylic acids is 3. The van der Waals surface area contributed by atoms with Crippen molar-refractivity contribution in [3.05, 3.63) is 146 Å². The van der Waals surface area contributed by atoms with E-state index in [1.807, 2.05) is 0 Å². The molecule has 1 atom stereocenters. The maximum atomic E-state index is 13.0. The summed E-state index contributed by atoms with van der Waals surface area (Å²) >= 11 is 0. The fourth-order valence-electron chi connectivity index (χ4n) is 9.23. The van der Waals surface area contributed by atoms with Crippen LogP contribution >= 0.6 is 0 Å². The molecule has 0 fully saturated rings. The zero-order valence-electron chi connectivity index (χ0n) is 53.9. The molecule has 0 aliphatic carbocycles. The van der Waals surface area contributed by atoms with E-state index in [2.05, 4.69) is 167 Å². The number of hydrogen-bond donors (Lipinski definition) is 0. The lowest BCUT2D eigenvalue weighted by Crippen LogP contribution is -2.30. The third-order valence-electron chi connectivity index (χ3n) is 14.3. The Kier molecular flexibility index (Phi) is 65.8. The molecule has 0 aromatic heterocycles. The molecule has 0 heterocycles. The number of rotatable bonds is 61. The lowest BCUT2D eigenvalue weighted by molar-refractivity contribution is -0.167. The van der Waals surface area contributed by atoms with Crippen LogP contribution in [0.1, 0.15) is 303 Å². The van der Waals surface area contributed by atoms with Crippen molar-refractivity contribution in [2.75, 3.05) is 13.2 Å². The first-order valence-electron chi connectivity index (χ1n) is 34.3. The van der Waals surface area contributed by atoms with Gasteiger partial charge in [0.25, 0.3) is 0 Å². The molecule has 83 heavy (non-hydrogen) atoms. The van der Waals surface area contributed by atoms with Gasteiger partial charge in [0.05, 0.1) is 0 Å². The summed E-state index contributed by atoms with van der Waals surface area (Å²) in [6.07, 6.45) is 99.9. The summed E-state index contributed by atoms with van der Waals surface area (Å²) in [7, 11) is 0. The molecule has 0 N–H and O–H groups in total. The smallest absolute Gasteiger partial charge is 0.306 e. The third kappa shape index (κ3) is 68.0. The second kappa shape index (κ2) is 69.8. The highest BCUT2D eigenvalue weighted by atomic mass is 16.6. The van der Waals surface area contributed by atoms with Gasteiger partial charge in [-0.15, -0.1) is 0 Å². The standard InChI is InChI=1S/C77H126O6/c1-4-7-10-13-16-19-22-25-28-31-34-36-37-38-39-41-43-46-49-52-55-58-61-64-67-70-76(79)82-73-74(72-81-75(78)69-66-63-60-57-54-51-48-45-42-33-30-27-24-21-18-15-12-9-6-3)83-77(80)71-68-65-62-59-56-53-50-47-44-40-35-32-29-26-23-20-17-14-11-8-5-2/h7-8,10-11,16-21,25-30,34-36,38-40,43,46,74H,4-6,9,12-15,22-24,31-33,37,41-42,44-45,47-73H2,1-3H3/b10-7-,11-8-,19-16-,20-17-,21-18-,28-25-,29-26-,30-27-,36-34-,39-38-,40-35-,46-43-. The van der Waals surface area contributed by atoms with E-state index in [4.69, 9.17) is 14.2 Å². The van der Waals surface area contributed by atoms with Gasteiger partial charge in [-0.3, -0.25) is 14.4 Å². The first kappa shape index (κ1) is 78.3. The monoisotopic (exact) mass is 1150 g/mol. The number of hydrogen-bond acceptors (Lipinski definition) is 6. The molecule has 0 saturated heterocycles. The number of carbonyl (C=O) groups is 3. The van der Waals surface area contributed by atoms with Gasteiger partial charge in [0.2, 0.25) is 0 Å². The highest BCUT2D eigenvalue weighted by Gasteiger charge is 2.19. The molecule has 0 aromatic rings. The van der Waals surface area contributed by atoms with Crippen molar-refractivity contribution >= 4 is 17.9 Å². The molecule has 0 bridgehead atoms. The maximum absolute atomic E-state index is 13.0. The van der Waals surface area contributed by atoms with Crippen LogP contribution in [-0.4, -0.2) is 37.2 Å². The zero-order valence-corrected chi connectivity index (χ0v) is 53.9. The summed E-state index contributed by atoms with van der Waals surface area (Å²) in [5.41, 5.74) is 0. The fourth-order valence-corrected chi connectivity index (χ4v) is 9.23. The van der Waals surface area contributed by atoms with Crippen molar-refractivity contribution in [3.63, 3.8) is 0 Å². The third-order valence-corrected chi connectivity index (χ3v) is 14.3. The fraction of sp³-hybridized carbons (Fsp3) is 0.649. The van der Waals surface area contributed by atoms with Crippen LogP contribution in [0.4, 0.5) is 0 Å². The summed E-state index contributed by atoms with van der Waals surface area (Å²) in [6.45, 7) is 6.39. The van der Waals surface area contributed by atoms with Crippen molar-refractivity contribution in [1.29, 1.82) is 0 Å². The van der Waals surface area contributed by atoms with Gasteiger partial charge >= 0.3 is 17.9 Å². The minimum atomic E-state index is -0.800. The number of ether oxygens (including phenoxy) is 3. The highest BCUT2D eigenvalue weighted by molar-refractivity contribution is 5.71. The molecule has 0 aromatic carbocycles. The summed E-state index contributed by atoms with van der Waals surface area (Å²) in [5, 5.41) is 0. The summed E-state index contributed by atoms with van der Waals surface area (Å²) in [6, 6.07) is 0. The topological polar surface area (TPSA) is 78.9 Å². The minimum Gasteiger partial charge on any atom is -0.462 e. The molecule has 0 rings (SSSR count). The quantitative estimate of drug-likeness (QED) is 0.0261. The second-order valence-corrected chi connectivity index (χ2v) is 22.3. The van der Waals surface area contributed by atoms with Crippen LogP contribution in [0.5, 0.6) is 0 Å². The van der Waals surface area contributed by atoms with Crippen LogP contribution in [0.25, 0.3) is 0 Å². The van der Waals surface area contributed by atoms with Crippen LogP contribution in [0.15, 0.2) is 146 Å². The van der Waals surface area contributed by atoms with Gasteiger partial charge in [-0.2, -0.15) is 0 Å². The van der Waals surface area contributed by atoms with Crippen molar-refractivity contribution in [2.24, 2.45) is 0 Å². The number of unbranched alkanes of at least 4 members (excludes halogenated alkanes) is 26. The molecule has 0 saturated carbocycles. The largest absolute Gasteiger partial charge is 0.462 e. The predicted molar refractivity (Wildman–Crippen MR) is 362 cm³/mol. The Bertz CT molecular complexity index is 1800. The van der Waals surface area contributed by atoms with E-state index < -0.39 is 6.10 Å². The average Bonchev–Trinajstić information content (AvgIpc) is 3.50. The van der Waals surface area contributed by atoms with Gasteiger partial charge in [-0.1, -0.05) is 289 Å². The minimum absolute atomic E-state index is 0.0926. The zero-order chi connectivity index (χ0) is 59.9. The Hall–Kier alpha value is -4.71. The van der Waals surface area contributed by atoms with Crippen molar-refractivity contribution < 1.29 is 28.6 Å². The highest BCUT2D eigenvalue weighted by Crippen LogP contribution is 2.16. The predicted octanol–water partition coefficient (Wildman–Crippen LogP) is 23.9. The van der Waals surface area contributed by atoms with Crippen molar-refractivity contribution in [1.82, 2.24) is 0 Å². The maximum Gasteiger partial charge on any atom is 0.306 e. The van der Waals surface area contributed by atoms with Gasteiger partial charge < -0.3 is 14.2 Å². The van der Waals surface area contributed by atoms with Crippen molar-refractivity contribution in [2.45, 2.75) is 309 Å². The Balaban J connectivity index is 4.46. The van der Waals surface area contributed by atoms with Crippen LogP contribution in [-0.2, 0) is 28.6 Å². The van der Waals surface area contributed by atoms with Gasteiger partial charge in [-0.05, 0) is 141 Å². The molecule has 470 valence electrons. The van der Waals surface area contributed by atoms with E-state index in [9.17, 15) is 14.4 Å². The lowest BCUT2D eigenvalue weighted by atomic mass is 10.1. The van der Waals surface area contributed by atoms with Crippen molar-refractivity contribution in [3.8, 4) is 0 Å². The molecule has 6 nitrogen and oxygen atoms in total. The van der Waals surface area contributed by atoms with Gasteiger partial charge in [0.1, 0.15) is 13.2 Å². The molecule has 0 aliphatic rings. The van der Waals surface area contributed by atoms with Gasteiger partial charge in [0, 0.05) is 19.3 Å². The molecule has 0 spiro atoms. The van der Waals surface area contributed by atoms with E-state index in [1.54, 1.807) is 0 Å². The van der Waals surface area contributed by atoms with Gasteiger partial charge in [0.15, 0.2) is 6.10 Å². The van der Waals surface area contributed by atoms with E-state index in [-0.39, 0.29) is 31.1 Å². The lowest BCUT2D eigenvalue weighted by Gasteiger charge is -2.18.